The summed E-state index contributed by atoms with van der Waals surface area (Å²) in [7, 11) is 0. The van der Waals surface area contributed by atoms with E-state index in [0.29, 0.717) is 17.1 Å². The van der Waals surface area contributed by atoms with E-state index < -0.39 is 5.82 Å². The fourth-order valence-corrected chi connectivity index (χ4v) is 2.61. The molecule has 2 aromatic carbocycles. The number of carbonyl (C=O) groups is 3. The second kappa shape index (κ2) is 9.14. The number of carbonyl (C=O) groups excluding carboxylic acids is 3. The molecule has 0 fully saturated rings. The molecule has 0 saturated carbocycles. The molecule has 0 aromatic heterocycles. The van der Waals surface area contributed by atoms with Crippen molar-refractivity contribution in [3.63, 3.8) is 0 Å². The highest BCUT2D eigenvalue weighted by Gasteiger charge is 2.14. The first-order valence-electron chi connectivity index (χ1n) is 8.17. The Balaban J connectivity index is 2.03. The first-order valence-corrected chi connectivity index (χ1v) is 8.54. The Morgan fingerprint density at radius 3 is 2.37 bits per heavy atom. The maximum atomic E-state index is 13.2. The largest absolute Gasteiger partial charge is 0.326 e. The number of rotatable bonds is 6. The van der Waals surface area contributed by atoms with E-state index in [9.17, 15) is 18.8 Å². The monoisotopic (exact) mass is 391 g/mol. The van der Waals surface area contributed by atoms with E-state index in [2.05, 4.69) is 10.6 Å². The minimum absolute atomic E-state index is 0.0267. The zero-order valence-corrected chi connectivity index (χ0v) is 15.6. The van der Waals surface area contributed by atoms with Gasteiger partial charge in [0.2, 0.25) is 17.7 Å². The Morgan fingerprint density at radius 1 is 1.04 bits per heavy atom. The smallest absolute Gasteiger partial charge is 0.226 e. The molecule has 0 aliphatic rings. The molecule has 8 heteroatoms. The number of hydrogen-bond donors (Lipinski definition) is 2. The number of hydrogen-bond acceptors (Lipinski definition) is 3. The summed E-state index contributed by atoms with van der Waals surface area (Å²) < 4.78 is 13.2. The molecular formula is C19H19ClFN3O3. The molecule has 0 spiro atoms. The van der Waals surface area contributed by atoms with Gasteiger partial charge in [0.1, 0.15) is 5.82 Å². The Morgan fingerprint density at radius 2 is 1.74 bits per heavy atom. The Kier molecular flexibility index (Phi) is 6.90. The highest BCUT2D eigenvalue weighted by Crippen LogP contribution is 2.21. The predicted octanol–water partition coefficient (Wildman–Crippen LogP) is 3.82. The number of anilines is 3. The van der Waals surface area contributed by atoms with Gasteiger partial charge in [-0.25, -0.2) is 4.39 Å². The van der Waals surface area contributed by atoms with E-state index in [1.165, 1.54) is 30.9 Å². The van der Waals surface area contributed by atoms with Crippen LogP contribution in [0.15, 0.2) is 42.5 Å². The van der Waals surface area contributed by atoms with Crippen LogP contribution >= 0.6 is 11.6 Å². The molecule has 0 heterocycles. The van der Waals surface area contributed by atoms with Gasteiger partial charge in [-0.15, -0.1) is 0 Å². The third-order valence-electron chi connectivity index (χ3n) is 3.62. The summed E-state index contributed by atoms with van der Waals surface area (Å²) in [6, 6.07) is 10.6. The van der Waals surface area contributed by atoms with Gasteiger partial charge in [0.25, 0.3) is 0 Å². The van der Waals surface area contributed by atoms with Crippen molar-refractivity contribution in [1.29, 1.82) is 0 Å². The van der Waals surface area contributed by atoms with Crippen molar-refractivity contribution in [3.05, 3.63) is 53.3 Å². The van der Waals surface area contributed by atoms with E-state index in [0.717, 1.165) is 6.07 Å². The van der Waals surface area contributed by atoms with Gasteiger partial charge >= 0.3 is 0 Å². The molecule has 0 bridgehead atoms. The molecule has 27 heavy (non-hydrogen) atoms. The van der Waals surface area contributed by atoms with Gasteiger partial charge in [0.15, 0.2) is 0 Å². The molecule has 0 saturated heterocycles. The minimum atomic E-state index is -0.573. The van der Waals surface area contributed by atoms with Crippen LogP contribution in [0.2, 0.25) is 5.02 Å². The summed E-state index contributed by atoms with van der Waals surface area (Å²) in [6.07, 6.45) is 0.0267. The third-order valence-corrected chi connectivity index (χ3v) is 3.91. The van der Waals surface area contributed by atoms with Crippen molar-refractivity contribution in [2.75, 3.05) is 22.1 Å². The molecule has 142 valence electrons. The summed E-state index contributed by atoms with van der Waals surface area (Å²) in [6.45, 7) is 2.92. The Labute approximate surface area is 161 Å². The van der Waals surface area contributed by atoms with Gasteiger partial charge in [-0.1, -0.05) is 17.7 Å². The molecule has 0 radical (unpaired) electrons. The van der Waals surface area contributed by atoms with Crippen molar-refractivity contribution in [3.8, 4) is 0 Å². The van der Waals surface area contributed by atoms with Crippen molar-refractivity contribution in [1.82, 2.24) is 0 Å². The highest BCUT2D eigenvalue weighted by molar-refractivity contribution is 6.31. The fraction of sp³-hybridized carbons (Fsp3) is 0.211. The van der Waals surface area contributed by atoms with E-state index >= 15 is 0 Å². The lowest BCUT2D eigenvalue weighted by atomic mass is 10.2. The highest BCUT2D eigenvalue weighted by atomic mass is 35.5. The molecule has 2 rings (SSSR count). The lowest BCUT2D eigenvalue weighted by molar-refractivity contribution is -0.117. The van der Waals surface area contributed by atoms with Crippen molar-refractivity contribution in [2.45, 2.75) is 20.3 Å². The van der Waals surface area contributed by atoms with Crippen molar-refractivity contribution >= 4 is 46.4 Å². The van der Waals surface area contributed by atoms with Crippen LogP contribution in [0.5, 0.6) is 0 Å². The number of halogens is 2. The van der Waals surface area contributed by atoms with E-state index in [4.69, 9.17) is 11.6 Å². The normalized spacial score (nSPS) is 10.2. The lowest BCUT2D eigenvalue weighted by Crippen LogP contribution is -2.32. The van der Waals surface area contributed by atoms with Gasteiger partial charge in [0.05, 0.1) is 5.02 Å². The molecule has 2 N–H and O–H groups in total. The van der Waals surface area contributed by atoms with Crippen LogP contribution in [-0.2, 0) is 14.4 Å². The molecule has 0 aliphatic carbocycles. The van der Waals surface area contributed by atoms with Gasteiger partial charge in [-0.05, 0) is 36.4 Å². The zero-order valence-electron chi connectivity index (χ0n) is 14.9. The lowest BCUT2D eigenvalue weighted by Gasteiger charge is -2.21. The average Bonchev–Trinajstić information content (AvgIpc) is 2.58. The second-order valence-electron chi connectivity index (χ2n) is 5.83. The van der Waals surface area contributed by atoms with Crippen LogP contribution in [0.3, 0.4) is 0 Å². The zero-order chi connectivity index (χ0) is 20.0. The molecular weight excluding hydrogens is 373 g/mol. The molecule has 0 atom stereocenters. The number of amides is 3. The van der Waals surface area contributed by atoms with Crippen LogP contribution in [-0.4, -0.2) is 24.3 Å². The first-order chi connectivity index (χ1) is 12.8. The maximum absolute atomic E-state index is 13.2. The average molecular weight is 392 g/mol. The van der Waals surface area contributed by atoms with Gasteiger partial charge in [0, 0.05) is 43.9 Å². The third kappa shape index (κ3) is 6.07. The Hall–Kier alpha value is -2.93. The second-order valence-corrected chi connectivity index (χ2v) is 6.24. The summed E-state index contributed by atoms with van der Waals surface area (Å²) in [5.74, 6) is -1.38. The molecule has 0 aliphatic heterocycles. The van der Waals surface area contributed by atoms with Crippen LogP contribution < -0.4 is 15.5 Å². The van der Waals surface area contributed by atoms with Crippen molar-refractivity contribution in [2.24, 2.45) is 0 Å². The van der Waals surface area contributed by atoms with Crippen LogP contribution in [0.25, 0.3) is 0 Å². The topological polar surface area (TPSA) is 78.5 Å². The molecule has 6 nitrogen and oxygen atoms in total. The first kappa shape index (κ1) is 20.4. The standard InChI is InChI=1S/C19H19ClFN3O3/c1-12(25)22-14-4-3-5-16(10-14)24(13(2)26)9-8-19(27)23-15-6-7-18(21)17(20)11-15/h3-7,10-11H,8-9H2,1-2H3,(H,22,25)(H,23,27). The number of nitrogens with one attached hydrogen (secondary N) is 2. The number of nitrogens with zero attached hydrogens (tertiary/aromatic N) is 1. The minimum Gasteiger partial charge on any atom is -0.326 e. The predicted molar refractivity (Wildman–Crippen MR) is 103 cm³/mol. The molecule has 2 aromatic rings. The maximum Gasteiger partial charge on any atom is 0.226 e. The van der Waals surface area contributed by atoms with E-state index in [-0.39, 0.29) is 35.7 Å². The fourth-order valence-electron chi connectivity index (χ4n) is 2.43. The van der Waals surface area contributed by atoms with Gasteiger partial charge < -0.3 is 15.5 Å². The van der Waals surface area contributed by atoms with Gasteiger partial charge in [-0.3, -0.25) is 14.4 Å². The number of benzene rings is 2. The van der Waals surface area contributed by atoms with E-state index in [1.54, 1.807) is 24.3 Å². The summed E-state index contributed by atoms with van der Waals surface area (Å²) >= 11 is 5.69. The SMILES string of the molecule is CC(=O)Nc1cccc(N(CCC(=O)Nc2ccc(F)c(Cl)c2)C(C)=O)c1. The van der Waals surface area contributed by atoms with E-state index in [1.807, 2.05) is 0 Å². The summed E-state index contributed by atoms with van der Waals surface area (Å²) in [4.78, 5) is 36.7. The quantitative estimate of drug-likeness (QED) is 0.785. The van der Waals surface area contributed by atoms with Crippen LogP contribution in [0.1, 0.15) is 20.3 Å². The summed E-state index contributed by atoms with van der Waals surface area (Å²) in [5, 5.41) is 5.17. The summed E-state index contributed by atoms with van der Waals surface area (Å²) in [5.41, 5.74) is 1.48. The van der Waals surface area contributed by atoms with Crippen LogP contribution in [0, 0.1) is 5.82 Å². The molecule has 0 unspecified atom stereocenters. The Bertz CT molecular complexity index is 873. The van der Waals surface area contributed by atoms with Crippen LogP contribution in [0.4, 0.5) is 21.5 Å². The van der Waals surface area contributed by atoms with Gasteiger partial charge in [-0.2, -0.15) is 0 Å². The van der Waals surface area contributed by atoms with Crippen molar-refractivity contribution < 1.29 is 18.8 Å². The molecule has 3 amide bonds.